The van der Waals surface area contributed by atoms with Crippen molar-refractivity contribution in [2.75, 3.05) is 0 Å². The quantitative estimate of drug-likeness (QED) is 0.390. The van der Waals surface area contributed by atoms with Crippen LogP contribution >= 0.6 is 11.6 Å². The number of rotatable bonds is 3. The second-order valence-electron chi connectivity index (χ2n) is 4.87. The lowest BCUT2D eigenvalue weighted by atomic mass is 10.1. The molecule has 4 N–H and O–H groups in total. The maximum Gasteiger partial charge on any atom is 0.265 e. The number of halogens is 1. The molecule has 0 saturated heterocycles. The summed E-state index contributed by atoms with van der Waals surface area (Å²) in [5.41, 5.74) is 4.53. The molecule has 6 nitrogen and oxygen atoms in total. The Bertz CT molecular complexity index is 895. The number of carbonyl (C=O) groups is 1. The van der Waals surface area contributed by atoms with E-state index in [0.29, 0.717) is 22.0 Å². The molecule has 0 aliphatic rings. The SMILES string of the molecule is NNC(=O)c1ccc(-n2[nH]c(=O)cc2-c2ccc(Cl)cc2)cc1. The van der Waals surface area contributed by atoms with Gasteiger partial charge in [-0.15, -0.1) is 0 Å². The Morgan fingerprint density at radius 3 is 2.35 bits per heavy atom. The number of nitrogens with two attached hydrogens (primary N) is 1. The molecule has 116 valence electrons. The molecule has 0 bridgehead atoms. The van der Waals surface area contributed by atoms with E-state index in [9.17, 15) is 9.59 Å². The number of nitrogen functional groups attached to an aromatic ring is 1. The van der Waals surface area contributed by atoms with E-state index in [0.717, 1.165) is 5.56 Å². The lowest BCUT2D eigenvalue weighted by Crippen LogP contribution is -2.29. The second-order valence-corrected chi connectivity index (χ2v) is 5.30. The Balaban J connectivity index is 2.05. The summed E-state index contributed by atoms with van der Waals surface area (Å²) in [6.45, 7) is 0. The molecule has 0 atom stereocenters. The van der Waals surface area contributed by atoms with Crippen LogP contribution in [0.5, 0.6) is 0 Å². The number of H-pyrrole nitrogens is 1. The van der Waals surface area contributed by atoms with Crippen molar-refractivity contribution in [1.82, 2.24) is 15.2 Å². The Morgan fingerprint density at radius 1 is 1.09 bits per heavy atom. The van der Waals surface area contributed by atoms with Crippen LogP contribution in [0, 0.1) is 0 Å². The summed E-state index contributed by atoms with van der Waals surface area (Å²) < 4.78 is 1.65. The number of hydrazine groups is 1. The molecular formula is C16H13ClN4O2. The van der Waals surface area contributed by atoms with Crippen molar-refractivity contribution in [3.8, 4) is 16.9 Å². The highest BCUT2D eigenvalue weighted by Crippen LogP contribution is 2.23. The number of nitrogens with zero attached hydrogens (tertiary/aromatic N) is 1. The average Bonchev–Trinajstić information content (AvgIpc) is 2.97. The van der Waals surface area contributed by atoms with Gasteiger partial charge in [0.15, 0.2) is 0 Å². The summed E-state index contributed by atoms with van der Waals surface area (Å²) in [6.07, 6.45) is 0. The first-order valence-electron chi connectivity index (χ1n) is 6.78. The van der Waals surface area contributed by atoms with Crippen LogP contribution in [-0.4, -0.2) is 15.7 Å². The summed E-state index contributed by atoms with van der Waals surface area (Å²) in [5.74, 6) is 4.73. The molecule has 23 heavy (non-hydrogen) atoms. The van der Waals surface area contributed by atoms with Crippen molar-refractivity contribution in [1.29, 1.82) is 0 Å². The number of amides is 1. The predicted molar refractivity (Wildman–Crippen MR) is 88.5 cm³/mol. The monoisotopic (exact) mass is 328 g/mol. The van der Waals surface area contributed by atoms with Gasteiger partial charge in [0.2, 0.25) is 0 Å². The maximum atomic E-state index is 11.8. The van der Waals surface area contributed by atoms with Gasteiger partial charge in [-0.05, 0) is 36.4 Å². The molecule has 1 heterocycles. The van der Waals surface area contributed by atoms with E-state index < -0.39 is 0 Å². The van der Waals surface area contributed by atoms with E-state index in [1.54, 1.807) is 41.1 Å². The molecule has 1 aromatic heterocycles. The number of aromatic amines is 1. The van der Waals surface area contributed by atoms with Crippen LogP contribution in [0.1, 0.15) is 10.4 Å². The average molecular weight is 329 g/mol. The first-order valence-corrected chi connectivity index (χ1v) is 7.15. The third kappa shape index (κ3) is 3.03. The van der Waals surface area contributed by atoms with Crippen molar-refractivity contribution < 1.29 is 4.79 Å². The molecule has 0 saturated carbocycles. The standard InChI is InChI=1S/C16H13ClN4O2/c17-12-5-1-10(2-6-12)14-9-15(22)20-21(14)13-7-3-11(4-8-13)16(23)19-18/h1-9H,18H2,(H,19,23)(H,20,22). The van der Waals surface area contributed by atoms with E-state index in [4.69, 9.17) is 17.4 Å². The van der Waals surface area contributed by atoms with Gasteiger partial charge in [0, 0.05) is 22.2 Å². The first-order chi connectivity index (χ1) is 11.1. The normalized spacial score (nSPS) is 10.5. The molecule has 7 heteroatoms. The lowest BCUT2D eigenvalue weighted by molar-refractivity contribution is 0.0953. The maximum absolute atomic E-state index is 11.8. The van der Waals surface area contributed by atoms with Gasteiger partial charge in [0.05, 0.1) is 11.4 Å². The summed E-state index contributed by atoms with van der Waals surface area (Å²) in [7, 11) is 0. The highest BCUT2D eigenvalue weighted by molar-refractivity contribution is 6.30. The van der Waals surface area contributed by atoms with Crippen LogP contribution in [0.25, 0.3) is 16.9 Å². The van der Waals surface area contributed by atoms with Crippen molar-refractivity contribution in [3.63, 3.8) is 0 Å². The zero-order valence-electron chi connectivity index (χ0n) is 11.9. The minimum absolute atomic E-state index is 0.223. The molecule has 0 radical (unpaired) electrons. The predicted octanol–water partition coefficient (Wildman–Crippen LogP) is 2.09. The number of nitrogens with one attached hydrogen (secondary N) is 2. The summed E-state index contributed by atoms with van der Waals surface area (Å²) in [5, 5.41) is 3.36. The third-order valence-corrected chi connectivity index (χ3v) is 3.64. The Hall–Kier alpha value is -2.83. The van der Waals surface area contributed by atoms with Gasteiger partial charge >= 0.3 is 0 Å². The van der Waals surface area contributed by atoms with Crippen LogP contribution < -0.4 is 16.8 Å². The van der Waals surface area contributed by atoms with Crippen LogP contribution in [0.3, 0.4) is 0 Å². The smallest absolute Gasteiger partial charge is 0.265 e. The highest BCUT2D eigenvalue weighted by atomic mass is 35.5. The van der Waals surface area contributed by atoms with Crippen molar-refractivity contribution in [2.24, 2.45) is 5.84 Å². The molecule has 3 aromatic rings. The van der Waals surface area contributed by atoms with Gasteiger partial charge in [-0.2, -0.15) is 0 Å². The molecule has 0 fully saturated rings. The molecule has 2 aromatic carbocycles. The lowest BCUT2D eigenvalue weighted by Gasteiger charge is -2.09. The van der Waals surface area contributed by atoms with Crippen LogP contribution in [-0.2, 0) is 0 Å². The summed E-state index contributed by atoms with van der Waals surface area (Å²) >= 11 is 5.90. The summed E-state index contributed by atoms with van der Waals surface area (Å²) in [4.78, 5) is 23.2. The van der Waals surface area contributed by atoms with Gasteiger partial charge in [0.1, 0.15) is 0 Å². The second kappa shape index (κ2) is 6.12. The van der Waals surface area contributed by atoms with Crippen molar-refractivity contribution in [3.05, 3.63) is 75.5 Å². The van der Waals surface area contributed by atoms with Gasteiger partial charge in [0.25, 0.3) is 11.5 Å². The third-order valence-electron chi connectivity index (χ3n) is 3.39. The molecule has 0 aliphatic heterocycles. The number of hydrogen-bond donors (Lipinski definition) is 3. The minimum Gasteiger partial charge on any atom is -0.290 e. The topological polar surface area (TPSA) is 92.9 Å². The zero-order valence-corrected chi connectivity index (χ0v) is 12.7. The van der Waals surface area contributed by atoms with E-state index in [-0.39, 0.29) is 11.5 Å². The van der Waals surface area contributed by atoms with E-state index in [1.165, 1.54) is 6.07 Å². The molecule has 0 unspecified atom stereocenters. The van der Waals surface area contributed by atoms with E-state index >= 15 is 0 Å². The van der Waals surface area contributed by atoms with Crippen molar-refractivity contribution >= 4 is 17.5 Å². The number of benzene rings is 2. The number of carbonyl (C=O) groups excluding carboxylic acids is 1. The molecular weight excluding hydrogens is 316 g/mol. The Morgan fingerprint density at radius 2 is 1.74 bits per heavy atom. The van der Waals surface area contributed by atoms with Gasteiger partial charge < -0.3 is 0 Å². The van der Waals surface area contributed by atoms with E-state index in [1.807, 2.05) is 12.1 Å². The molecule has 0 aliphatic carbocycles. The fourth-order valence-electron chi connectivity index (χ4n) is 2.27. The van der Waals surface area contributed by atoms with E-state index in [2.05, 4.69) is 10.5 Å². The fraction of sp³-hybridized carbons (Fsp3) is 0. The van der Waals surface area contributed by atoms with Crippen LogP contribution in [0.2, 0.25) is 5.02 Å². The fourth-order valence-corrected chi connectivity index (χ4v) is 2.40. The molecule has 1 amide bonds. The molecule has 0 spiro atoms. The largest absolute Gasteiger partial charge is 0.290 e. The van der Waals surface area contributed by atoms with Gasteiger partial charge in [-0.25, -0.2) is 5.84 Å². The molecule has 3 rings (SSSR count). The number of aromatic nitrogens is 2. The van der Waals surface area contributed by atoms with Crippen LogP contribution in [0.15, 0.2) is 59.4 Å². The van der Waals surface area contributed by atoms with Gasteiger partial charge in [-0.1, -0.05) is 23.7 Å². The van der Waals surface area contributed by atoms with Gasteiger partial charge in [-0.3, -0.25) is 24.8 Å². The Labute approximate surface area is 136 Å². The summed E-state index contributed by atoms with van der Waals surface area (Å²) in [6, 6.07) is 15.4. The number of hydrogen-bond acceptors (Lipinski definition) is 3. The van der Waals surface area contributed by atoms with Crippen LogP contribution in [0.4, 0.5) is 0 Å². The zero-order chi connectivity index (χ0) is 16.4. The minimum atomic E-state index is -0.379. The first kappa shape index (κ1) is 15.1. The Kier molecular flexibility index (Phi) is 4.01. The van der Waals surface area contributed by atoms with Crippen molar-refractivity contribution in [2.45, 2.75) is 0 Å². The highest BCUT2D eigenvalue weighted by Gasteiger charge is 2.10.